The maximum Gasteiger partial charge on any atom is 0.392 e. The van der Waals surface area contributed by atoms with E-state index in [1.165, 1.54) is 0 Å². The number of nitrogens with one attached hydrogen (secondary N) is 1. The molecule has 1 rings (SSSR count). The molecular weight excluding hydrogens is 207 g/mol. The van der Waals surface area contributed by atoms with Crippen molar-refractivity contribution >= 4 is 12.4 Å². The fraction of sp³-hybridized carbons (Fsp3) is 1.00. The molecule has 2 unspecified atom stereocenters. The smallest absolute Gasteiger partial charge is 0.392 e. The summed E-state index contributed by atoms with van der Waals surface area (Å²) in [5.41, 5.74) is 0. The van der Waals surface area contributed by atoms with Crippen LogP contribution in [0, 0.1) is 11.8 Å². The zero-order valence-corrected chi connectivity index (χ0v) is 7.79. The minimum atomic E-state index is -4.16. The van der Waals surface area contributed by atoms with E-state index in [-0.39, 0.29) is 25.4 Å². The van der Waals surface area contributed by atoms with E-state index in [4.69, 9.17) is 5.11 Å². The summed E-state index contributed by atoms with van der Waals surface area (Å²) in [4.78, 5) is 0. The molecule has 13 heavy (non-hydrogen) atoms. The fourth-order valence-electron chi connectivity index (χ4n) is 1.55. The van der Waals surface area contributed by atoms with Crippen molar-refractivity contribution in [3.8, 4) is 0 Å². The van der Waals surface area contributed by atoms with Crippen LogP contribution in [0.15, 0.2) is 0 Å². The monoisotopic (exact) mass is 219 g/mol. The Kier molecular flexibility index (Phi) is 5.02. The molecule has 0 radical (unpaired) electrons. The Morgan fingerprint density at radius 2 is 2.00 bits per heavy atom. The van der Waals surface area contributed by atoms with E-state index in [2.05, 4.69) is 5.32 Å². The first-order chi connectivity index (χ1) is 5.55. The van der Waals surface area contributed by atoms with E-state index >= 15 is 0 Å². The average molecular weight is 220 g/mol. The molecule has 0 amide bonds. The Morgan fingerprint density at radius 1 is 1.38 bits per heavy atom. The van der Waals surface area contributed by atoms with Crippen LogP contribution in [-0.4, -0.2) is 31.0 Å². The molecule has 0 spiro atoms. The molecule has 0 aromatic rings. The summed E-state index contributed by atoms with van der Waals surface area (Å²) in [6.45, 7) is 0.262. The topological polar surface area (TPSA) is 32.3 Å². The van der Waals surface area contributed by atoms with Crippen LogP contribution in [0.25, 0.3) is 0 Å². The van der Waals surface area contributed by atoms with Gasteiger partial charge in [-0.2, -0.15) is 13.2 Å². The standard InChI is InChI=1S/C7H12F3NO.ClH/c8-7(9,10)6-1-2-11-3-5(6)4-12;/h5-6,11-12H,1-4H2;1H. The van der Waals surface area contributed by atoms with Gasteiger partial charge in [0.25, 0.3) is 0 Å². The molecule has 2 atom stereocenters. The highest BCUT2D eigenvalue weighted by molar-refractivity contribution is 5.85. The second-order valence-electron chi connectivity index (χ2n) is 3.08. The fourth-order valence-corrected chi connectivity index (χ4v) is 1.55. The van der Waals surface area contributed by atoms with Gasteiger partial charge in [0.15, 0.2) is 0 Å². The average Bonchev–Trinajstić information content (AvgIpc) is 2.03. The normalized spacial score (nSPS) is 29.5. The Morgan fingerprint density at radius 3 is 2.38 bits per heavy atom. The van der Waals surface area contributed by atoms with Crippen molar-refractivity contribution in [1.82, 2.24) is 5.32 Å². The van der Waals surface area contributed by atoms with Gasteiger partial charge in [0.1, 0.15) is 0 Å². The highest BCUT2D eigenvalue weighted by atomic mass is 35.5. The molecule has 0 aromatic heterocycles. The van der Waals surface area contributed by atoms with Crippen LogP contribution in [0.5, 0.6) is 0 Å². The first-order valence-electron chi connectivity index (χ1n) is 3.94. The number of hydrogen-bond acceptors (Lipinski definition) is 2. The summed E-state index contributed by atoms with van der Waals surface area (Å²) < 4.78 is 36.7. The number of halogens is 4. The van der Waals surface area contributed by atoms with Gasteiger partial charge < -0.3 is 10.4 Å². The quantitative estimate of drug-likeness (QED) is 0.695. The van der Waals surface area contributed by atoms with Gasteiger partial charge in [0.2, 0.25) is 0 Å². The lowest BCUT2D eigenvalue weighted by Gasteiger charge is -2.32. The second kappa shape index (κ2) is 5.02. The summed E-state index contributed by atoms with van der Waals surface area (Å²) in [6, 6.07) is 0. The van der Waals surface area contributed by atoms with Crippen LogP contribution >= 0.6 is 12.4 Å². The number of aliphatic hydroxyl groups is 1. The van der Waals surface area contributed by atoms with Crippen molar-refractivity contribution in [2.75, 3.05) is 19.7 Å². The molecule has 6 heteroatoms. The van der Waals surface area contributed by atoms with E-state index < -0.39 is 24.6 Å². The Bertz CT molecular complexity index is 153. The molecule has 1 saturated heterocycles. The summed E-state index contributed by atoms with van der Waals surface area (Å²) in [6.07, 6.45) is -4.08. The van der Waals surface area contributed by atoms with Gasteiger partial charge in [0, 0.05) is 19.1 Å². The number of piperidine rings is 1. The van der Waals surface area contributed by atoms with E-state index in [1.807, 2.05) is 0 Å². The van der Waals surface area contributed by atoms with Crippen LogP contribution in [0.1, 0.15) is 6.42 Å². The van der Waals surface area contributed by atoms with Crippen LogP contribution in [-0.2, 0) is 0 Å². The highest BCUT2D eigenvalue weighted by Crippen LogP contribution is 2.35. The summed E-state index contributed by atoms with van der Waals surface area (Å²) in [5.74, 6) is -2.00. The third-order valence-corrected chi connectivity index (χ3v) is 2.26. The van der Waals surface area contributed by atoms with E-state index in [0.717, 1.165) is 0 Å². The number of aliphatic hydroxyl groups excluding tert-OH is 1. The summed E-state index contributed by atoms with van der Waals surface area (Å²) >= 11 is 0. The molecule has 0 aliphatic carbocycles. The first kappa shape index (κ1) is 13.0. The van der Waals surface area contributed by atoms with Crippen molar-refractivity contribution in [1.29, 1.82) is 0 Å². The highest BCUT2D eigenvalue weighted by Gasteiger charge is 2.44. The summed E-state index contributed by atoms with van der Waals surface area (Å²) in [5, 5.41) is 11.5. The van der Waals surface area contributed by atoms with Crippen molar-refractivity contribution < 1.29 is 18.3 Å². The number of rotatable bonds is 1. The van der Waals surface area contributed by atoms with Gasteiger partial charge in [0.05, 0.1) is 5.92 Å². The van der Waals surface area contributed by atoms with Crippen LogP contribution < -0.4 is 5.32 Å². The van der Waals surface area contributed by atoms with E-state index in [9.17, 15) is 13.2 Å². The largest absolute Gasteiger partial charge is 0.396 e. The zero-order chi connectivity index (χ0) is 9.19. The SMILES string of the molecule is Cl.OCC1CNCCC1C(F)(F)F. The zero-order valence-electron chi connectivity index (χ0n) is 6.97. The Balaban J connectivity index is 0.00000144. The maximum absolute atomic E-state index is 12.2. The third-order valence-electron chi connectivity index (χ3n) is 2.26. The van der Waals surface area contributed by atoms with Gasteiger partial charge in [-0.05, 0) is 13.0 Å². The van der Waals surface area contributed by atoms with Crippen molar-refractivity contribution in [2.24, 2.45) is 11.8 Å². The molecule has 0 bridgehead atoms. The predicted molar refractivity (Wildman–Crippen MR) is 44.9 cm³/mol. The number of hydrogen-bond donors (Lipinski definition) is 2. The minimum Gasteiger partial charge on any atom is -0.396 e. The predicted octanol–water partition coefficient (Wildman–Crippen LogP) is 1.19. The van der Waals surface area contributed by atoms with Gasteiger partial charge in [-0.25, -0.2) is 0 Å². The molecule has 1 aliphatic heterocycles. The lowest BCUT2D eigenvalue weighted by atomic mass is 9.86. The second-order valence-corrected chi connectivity index (χ2v) is 3.08. The molecule has 2 nitrogen and oxygen atoms in total. The van der Waals surface area contributed by atoms with Gasteiger partial charge in [-0.3, -0.25) is 0 Å². The molecule has 1 heterocycles. The molecule has 2 N–H and O–H groups in total. The van der Waals surface area contributed by atoms with Crippen molar-refractivity contribution in [3.63, 3.8) is 0 Å². The maximum atomic E-state index is 12.2. The third kappa shape index (κ3) is 3.32. The van der Waals surface area contributed by atoms with Crippen molar-refractivity contribution in [2.45, 2.75) is 12.6 Å². The van der Waals surface area contributed by atoms with E-state index in [0.29, 0.717) is 6.54 Å². The lowest BCUT2D eigenvalue weighted by molar-refractivity contribution is -0.197. The van der Waals surface area contributed by atoms with Crippen molar-refractivity contribution in [3.05, 3.63) is 0 Å². The van der Waals surface area contributed by atoms with Crippen LogP contribution in [0.3, 0.4) is 0 Å². The van der Waals surface area contributed by atoms with Gasteiger partial charge in [-0.15, -0.1) is 12.4 Å². The number of alkyl halides is 3. The molecule has 0 saturated carbocycles. The molecule has 0 aromatic carbocycles. The lowest BCUT2D eigenvalue weighted by Crippen LogP contribution is -2.44. The van der Waals surface area contributed by atoms with Crippen LogP contribution in [0.4, 0.5) is 13.2 Å². The molecule has 1 fully saturated rings. The first-order valence-corrected chi connectivity index (χ1v) is 3.94. The molecule has 1 aliphatic rings. The molecule has 80 valence electrons. The summed E-state index contributed by atoms with van der Waals surface area (Å²) in [7, 11) is 0. The van der Waals surface area contributed by atoms with Gasteiger partial charge >= 0.3 is 6.18 Å². The van der Waals surface area contributed by atoms with Crippen LogP contribution in [0.2, 0.25) is 0 Å². The Hall–Kier alpha value is -0.0000000000000000555. The van der Waals surface area contributed by atoms with Gasteiger partial charge in [-0.1, -0.05) is 0 Å². The minimum absolute atomic E-state index is 0. The molecular formula is C7H13ClF3NO. The van der Waals surface area contributed by atoms with E-state index in [1.54, 1.807) is 0 Å². The Labute approximate surface area is 80.9 Å².